The molecule has 16 heavy (non-hydrogen) atoms. The summed E-state index contributed by atoms with van der Waals surface area (Å²) in [5, 5.41) is -0.00898. The average Bonchev–Trinajstić information content (AvgIpc) is 2.17. The summed E-state index contributed by atoms with van der Waals surface area (Å²) < 4.78 is 27.2. The third-order valence-electron chi connectivity index (χ3n) is 1.56. The molecular formula is C9H5Cl3O3S. The molecule has 0 fully saturated rings. The molecule has 1 aromatic rings. The van der Waals surface area contributed by atoms with Crippen molar-refractivity contribution in [1.82, 2.24) is 0 Å². The number of ether oxygens (including phenoxy) is 1. The fraction of sp³-hybridized carbons (Fsp3) is 0.111. The second kappa shape index (κ2) is 5.15. The van der Waals surface area contributed by atoms with Crippen LogP contribution in [0.25, 0.3) is 0 Å². The van der Waals surface area contributed by atoms with Gasteiger partial charge in [-0.2, -0.15) is 0 Å². The van der Waals surface area contributed by atoms with Crippen LogP contribution in [0.15, 0.2) is 17.0 Å². The van der Waals surface area contributed by atoms with Crippen molar-refractivity contribution in [3.63, 3.8) is 0 Å². The first-order chi connectivity index (χ1) is 7.36. The minimum absolute atomic E-state index is 0.00300. The van der Waals surface area contributed by atoms with Crippen molar-refractivity contribution < 1.29 is 13.2 Å². The van der Waals surface area contributed by atoms with Crippen LogP contribution in [0.4, 0.5) is 0 Å². The van der Waals surface area contributed by atoms with Gasteiger partial charge in [-0.25, -0.2) is 8.42 Å². The number of hydrogen-bond acceptors (Lipinski definition) is 3. The van der Waals surface area contributed by atoms with E-state index in [4.69, 9.17) is 45.0 Å². The summed E-state index contributed by atoms with van der Waals surface area (Å²) in [5.74, 6) is 2.44. The van der Waals surface area contributed by atoms with E-state index in [9.17, 15) is 8.42 Å². The Balaban J connectivity index is 3.23. The van der Waals surface area contributed by atoms with Crippen molar-refractivity contribution in [2.45, 2.75) is 4.90 Å². The molecule has 1 aromatic carbocycles. The maximum absolute atomic E-state index is 11.1. The number of hydrogen-bond donors (Lipinski definition) is 0. The predicted molar refractivity (Wildman–Crippen MR) is 63.8 cm³/mol. The lowest BCUT2D eigenvalue weighted by Gasteiger charge is -2.07. The molecule has 3 nitrogen and oxygen atoms in total. The highest BCUT2D eigenvalue weighted by Crippen LogP contribution is 2.34. The molecule has 0 heterocycles. The standard InChI is InChI=1S/C9H5Cl3O3S/c1-2-3-15-8-4-7(11)9(5-6(8)10)16(12,13)14/h1,4-5H,3H2. The van der Waals surface area contributed by atoms with E-state index in [1.807, 2.05) is 0 Å². The molecule has 0 saturated heterocycles. The molecule has 0 aliphatic heterocycles. The second-order valence-corrected chi connectivity index (χ2v) is 5.99. The molecular weight excluding hydrogens is 295 g/mol. The Morgan fingerprint density at radius 1 is 1.31 bits per heavy atom. The lowest BCUT2D eigenvalue weighted by molar-refractivity contribution is 0.370. The Labute approximate surface area is 108 Å². The number of rotatable bonds is 3. The number of benzene rings is 1. The summed E-state index contributed by atoms with van der Waals surface area (Å²) in [6.45, 7) is 0.00300. The molecule has 0 atom stereocenters. The normalized spacial score (nSPS) is 10.9. The van der Waals surface area contributed by atoms with E-state index in [1.165, 1.54) is 6.07 Å². The predicted octanol–water partition coefficient (Wildman–Crippen LogP) is 2.93. The van der Waals surface area contributed by atoms with Crippen molar-refractivity contribution in [1.29, 1.82) is 0 Å². The van der Waals surface area contributed by atoms with E-state index in [2.05, 4.69) is 5.92 Å². The molecule has 7 heteroatoms. The quantitative estimate of drug-likeness (QED) is 0.636. The van der Waals surface area contributed by atoms with Crippen molar-refractivity contribution in [2.75, 3.05) is 6.61 Å². The molecule has 0 N–H and O–H groups in total. The van der Waals surface area contributed by atoms with Crippen molar-refractivity contribution in [3.8, 4) is 18.1 Å². The highest BCUT2D eigenvalue weighted by atomic mass is 35.7. The molecule has 0 aliphatic rings. The molecule has 0 radical (unpaired) electrons. The van der Waals surface area contributed by atoms with Crippen molar-refractivity contribution in [2.24, 2.45) is 0 Å². The Morgan fingerprint density at radius 3 is 2.44 bits per heavy atom. The minimum Gasteiger partial charge on any atom is -0.479 e. The molecule has 0 amide bonds. The fourth-order valence-corrected chi connectivity index (χ4v) is 2.72. The molecule has 0 saturated carbocycles. The van der Waals surface area contributed by atoms with E-state index in [1.54, 1.807) is 0 Å². The van der Waals surface area contributed by atoms with Gasteiger partial charge in [0.1, 0.15) is 17.3 Å². The zero-order chi connectivity index (χ0) is 12.3. The van der Waals surface area contributed by atoms with Gasteiger partial charge in [0.2, 0.25) is 0 Å². The largest absolute Gasteiger partial charge is 0.479 e. The Morgan fingerprint density at radius 2 is 1.94 bits per heavy atom. The lowest BCUT2D eigenvalue weighted by atomic mass is 10.3. The monoisotopic (exact) mass is 298 g/mol. The SMILES string of the molecule is C#CCOc1cc(Cl)c(S(=O)(=O)Cl)cc1Cl. The first kappa shape index (κ1) is 13.5. The maximum atomic E-state index is 11.1. The Hall–Kier alpha value is -0.600. The van der Waals surface area contributed by atoms with Crippen LogP contribution in [0.3, 0.4) is 0 Å². The Kier molecular flexibility index (Phi) is 4.34. The summed E-state index contributed by atoms with van der Waals surface area (Å²) >= 11 is 11.5. The highest BCUT2D eigenvalue weighted by Gasteiger charge is 2.18. The summed E-state index contributed by atoms with van der Waals surface area (Å²) in [7, 11) is 1.22. The van der Waals surface area contributed by atoms with Gasteiger partial charge in [-0.3, -0.25) is 0 Å². The first-order valence-electron chi connectivity index (χ1n) is 3.86. The smallest absolute Gasteiger partial charge is 0.262 e. The summed E-state index contributed by atoms with van der Waals surface area (Å²) in [6, 6.07) is 2.36. The second-order valence-electron chi connectivity index (χ2n) is 2.64. The third kappa shape index (κ3) is 3.19. The zero-order valence-corrected chi connectivity index (χ0v) is 10.8. The van der Waals surface area contributed by atoms with E-state index in [0.29, 0.717) is 0 Å². The lowest BCUT2D eigenvalue weighted by Crippen LogP contribution is -1.97. The molecule has 1 rings (SSSR count). The van der Waals surface area contributed by atoms with Gasteiger partial charge in [-0.05, 0) is 6.07 Å². The molecule has 0 spiro atoms. The van der Waals surface area contributed by atoms with Crippen LogP contribution in [0.2, 0.25) is 10.0 Å². The topological polar surface area (TPSA) is 43.4 Å². The van der Waals surface area contributed by atoms with Crippen LogP contribution in [0.5, 0.6) is 5.75 Å². The third-order valence-corrected chi connectivity index (χ3v) is 3.64. The van der Waals surface area contributed by atoms with Crippen LogP contribution in [0, 0.1) is 12.3 Å². The van der Waals surface area contributed by atoms with Gasteiger partial charge in [0.15, 0.2) is 0 Å². The van der Waals surface area contributed by atoms with E-state index < -0.39 is 9.05 Å². The number of halogens is 3. The van der Waals surface area contributed by atoms with E-state index in [0.717, 1.165) is 6.07 Å². The highest BCUT2D eigenvalue weighted by molar-refractivity contribution is 8.13. The van der Waals surface area contributed by atoms with Crippen LogP contribution in [0.1, 0.15) is 0 Å². The van der Waals surface area contributed by atoms with E-state index >= 15 is 0 Å². The average molecular weight is 300 g/mol. The molecule has 0 bridgehead atoms. The van der Waals surface area contributed by atoms with Crippen LogP contribution >= 0.6 is 33.9 Å². The summed E-state index contributed by atoms with van der Waals surface area (Å²) in [6.07, 6.45) is 5.00. The van der Waals surface area contributed by atoms with Crippen molar-refractivity contribution in [3.05, 3.63) is 22.2 Å². The van der Waals surface area contributed by atoms with Gasteiger partial charge in [0.05, 0.1) is 10.0 Å². The van der Waals surface area contributed by atoms with Crippen LogP contribution < -0.4 is 4.74 Å². The zero-order valence-electron chi connectivity index (χ0n) is 7.71. The van der Waals surface area contributed by atoms with Gasteiger partial charge in [-0.15, -0.1) is 6.42 Å². The van der Waals surface area contributed by atoms with Gasteiger partial charge in [0.25, 0.3) is 9.05 Å². The molecule has 0 aliphatic carbocycles. The fourth-order valence-electron chi connectivity index (χ4n) is 0.927. The summed E-state index contributed by atoms with van der Waals surface area (Å²) in [5.41, 5.74) is 0. The van der Waals surface area contributed by atoms with Crippen LogP contribution in [-0.4, -0.2) is 15.0 Å². The van der Waals surface area contributed by atoms with Crippen molar-refractivity contribution >= 4 is 42.9 Å². The first-order valence-corrected chi connectivity index (χ1v) is 6.92. The van der Waals surface area contributed by atoms with Gasteiger partial charge in [0, 0.05) is 16.7 Å². The molecule has 86 valence electrons. The molecule has 0 aromatic heterocycles. The molecule has 0 unspecified atom stereocenters. The van der Waals surface area contributed by atoms with E-state index in [-0.39, 0.29) is 27.3 Å². The number of terminal acetylenes is 1. The maximum Gasteiger partial charge on any atom is 0.262 e. The van der Waals surface area contributed by atoms with Gasteiger partial charge >= 0.3 is 0 Å². The van der Waals surface area contributed by atoms with Gasteiger partial charge in [-0.1, -0.05) is 29.1 Å². The summed E-state index contributed by atoms with van der Waals surface area (Å²) in [4.78, 5) is -0.270. The van der Waals surface area contributed by atoms with Crippen LogP contribution in [-0.2, 0) is 9.05 Å². The Bertz CT molecular complexity index is 546. The minimum atomic E-state index is -3.93. The van der Waals surface area contributed by atoms with Gasteiger partial charge < -0.3 is 4.74 Å².